The third-order valence-electron chi connectivity index (χ3n) is 2.64. The third kappa shape index (κ3) is 7.49. The quantitative estimate of drug-likeness (QED) is 0.678. The normalized spacial score (nSPS) is 11.6. The van der Waals surface area contributed by atoms with Gasteiger partial charge < -0.3 is 15.1 Å². The highest BCUT2D eigenvalue weighted by Gasteiger charge is 2.00. The van der Waals surface area contributed by atoms with Crippen molar-refractivity contribution in [3.05, 3.63) is 22.4 Å². The van der Waals surface area contributed by atoms with Crippen LogP contribution in [0.15, 0.2) is 17.5 Å². The summed E-state index contributed by atoms with van der Waals surface area (Å²) in [6, 6.07) is 4.32. The van der Waals surface area contributed by atoms with E-state index in [9.17, 15) is 0 Å². The minimum Gasteiger partial charge on any atom is -0.315 e. The Bertz CT molecular complexity index is 272. The molecule has 0 atom stereocenters. The summed E-state index contributed by atoms with van der Waals surface area (Å²) in [6.45, 7) is 5.54. The monoisotopic (exact) mass is 255 g/mol. The lowest BCUT2D eigenvalue weighted by molar-refractivity contribution is 0.324. The van der Waals surface area contributed by atoms with Gasteiger partial charge in [-0.3, -0.25) is 0 Å². The highest BCUT2D eigenvalue weighted by Crippen LogP contribution is 2.10. The molecule has 0 aliphatic carbocycles. The lowest BCUT2D eigenvalue weighted by atomic mass is 10.4. The van der Waals surface area contributed by atoms with E-state index in [0.29, 0.717) is 0 Å². The van der Waals surface area contributed by atoms with Gasteiger partial charge in [-0.05, 0) is 52.1 Å². The molecule has 0 bridgehead atoms. The molecule has 0 aromatic carbocycles. The maximum atomic E-state index is 3.49. The standard InChI is InChI=1S/C13H25N3S/c1-15(2)9-5-7-14-8-10-16(3)12-13-6-4-11-17-13/h4,6,11,14H,5,7-10,12H2,1-3H3. The molecule has 0 fully saturated rings. The number of hydrogen-bond acceptors (Lipinski definition) is 4. The zero-order valence-electron chi connectivity index (χ0n) is 11.3. The van der Waals surface area contributed by atoms with Gasteiger partial charge in [0.1, 0.15) is 0 Å². The second kappa shape index (κ2) is 8.64. The molecule has 1 rings (SSSR count). The van der Waals surface area contributed by atoms with Crippen LogP contribution in [0.5, 0.6) is 0 Å². The Morgan fingerprint density at radius 1 is 1.18 bits per heavy atom. The van der Waals surface area contributed by atoms with Crippen molar-refractivity contribution >= 4 is 11.3 Å². The molecule has 1 heterocycles. The molecule has 0 spiro atoms. The van der Waals surface area contributed by atoms with Crippen LogP contribution in [0.25, 0.3) is 0 Å². The van der Waals surface area contributed by atoms with Crippen molar-refractivity contribution in [2.24, 2.45) is 0 Å². The number of nitrogens with zero attached hydrogens (tertiary/aromatic N) is 2. The van der Waals surface area contributed by atoms with E-state index in [4.69, 9.17) is 0 Å². The van der Waals surface area contributed by atoms with Gasteiger partial charge in [-0.15, -0.1) is 11.3 Å². The molecule has 4 heteroatoms. The minimum atomic E-state index is 1.07. The molecule has 1 N–H and O–H groups in total. The first-order chi connectivity index (χ1) is 8.18. The summed E-state index contributed by atoms with van der Waals surface area (Å²) in [6.07, 6.45) is 1.22. The van der Waals surface area contributed by atoms with Gasteiger partial charge in [0.2, 0.25) is 0 Å². The molecular formula is C13H25N3S. The van der Waals surface area contributed by atoms with Crippen molar-refractivity contribution in [2.45, 2.75) is 13.0 Å². The topological polar surface area (TPSA) is 18.5 Å². The van der Waals surface area contributed by atoms with Crippen LogP contribution in [0.4, 0.5) is 0 Å². The van der Waals surface area contributed by atoms with Crippen molar-refractivity contribution in [3.63, 3.8) is 0 Å². The van der Waals surface area contributed by atoms with E-state index in [-0.39, 0.29) is 0 Å². The van der Waals surface area contributed by atoms with Crippen LogP contribution in [0.3, 0.4) is 0 Å². The third-order valence-corrected chi connectivity index (χ3v) is 3.50. The molecule has 0 aliphatic rings. The largest absolute Gasteiger partial charge is 0.315 e. The Balaban J connectivity index is 1.95. The molecule has 3 nitrogen and oxygen atoms in total. The van der Waals surface area contributed by atoms with Crippen molar-refractivity contribution in [3.8, 4) is 0 Å². The SMILES string of the molecule is CN(C)CCCNCCN(C)Cc1cccs1. The van der Waals surface area contributed by atoms with Crippen molar-refractivity contribution in [2.75, 3.05) is 47.3 Å². The Labute approximate surface area is 109 Å². The molecule has 1 aromatic rings. The molecule has 98 valence electrons. The van der Waals surface area contributed by atoms with Crippen LogP contribution in [-0.4, -0.2) is 57.1 Å². The first-order valence-electron chi connectivity index (χ1n) is 6.25. The summed E-state index contributed by atoms with van der Waals surface area (Å²) in [7, 11) is 6.42. The summed E-state index contributed by atoms with van der Waals surface area (Å²) in [4.78, 5) is 6.04. The highest BCUT2D eigenvalue weighted by atomic mass is 32.1. The fourth-order valence-corrected chi connectivity index (χ4v) is 2.45. The molecule has 17 heavy (non-hydrogen) atoms. The summed E-state index contributed by atoms with van der Waals surface area (Å²) in [5, 5.41) is 5.63. The van der Waals surface area contributed by atoms with E-state index in [0.717, 1.165) is 32.7 Å². The highest BCUT2D eigenvalue weighted by molar-refractivity contribution is 7.09. The lowest BCUT2D eigenvalue weighted by Gasteiger charge is -2.16. The van der Waals surface area contributed by atoms with Gasteiger partial charge in [0.25, 0.3) is 0 Å². The van der Waals surface area contributed by atoms with Crippen LogP contribution in [0.2, 0.25) is 0 Å². The number of nitrogens with one attached hydrogen (secondary N) is 1. The van der Waals surface area contributed by atoms with Crippen molar-refractivity contribution in [1.82, 2.24) is 15.1 Å². The van der Waals surface area contributed by atoms with E-state index in [1.54, 1.807) is 0 Å². The van der Waals surface area contributed by atoms with E-state index in [1.807, 2.05) is 11.3 Å². The maximum Gasteiger partial charge on any atom is 0.0325 e. The van der Waals surface area contributed by atoms with E-state index < -0.39 is 0 Å². The fraction of sp³-hybridized carbons (Fsp3) is 0.692. The number of likely N-dealkylation sites (N-methyl/N-ethyl adjacent to an activating group) is 1. The van der Waals surface area contributed by atoms with E-state index >= 15 is 0 Å². The van der Waals surface area contributed by atoms with Crippen LogP contribution >= 0.6 is 11.3 Å². The predicted molar refractivity (Wildman–Crippen MR) is 76.7 cm³/mol. The first kappa shape index (κ1) is 14.6. The van der Waals surface area contributed by atoms with Gasteiger partial charge in [0, 0.05) is 24.5 Å². The Hall–Kier alpha value is -0.420. The zero-order valence-corrected chi connectivity index (χ0v) is 12.1. The van der Waals surface area contributed by atoms with Gasteiger partial charge in [-0.2, -0.15) is 0 Å². The van der Waals surface area contributed by atoms with Gasteiger partial charge >= 0.3 is 0 Å². The summed E-state index contributed by atoms with van der Waals surface area (Å²) in [5.74, 6) is 0. The van der Waals surface area contributed by atoms with Crippen LogP contribution in [0, 0.1) is 0 Å². The fourth-order valence-electron chi connectivity index (χ4n) is 1.66. The number of thiophene rings is 1. The Kier molecular flexibility index (Phi) is 7.44. The number of hydrogen-bond donors (Lipinski definition) is 1. The lowest BCUT2D eigenvalue weighted by Crippen LogP contribution is -2.30. The minimum absolute atomic E-state index is 1.07. The average Bonchev–Trinajstić information content (AvgIpc) is 2.75. The maximum absolute atomic E-state index is 3.49. The van der Waals surface area contributed by atoms with Crippen LogP contribution in [-0.2, 0) is 6.54 Å². The molecule has 0 radical (unpaired) electrons. The predicted octanol–water partition coefficient (Wildman–Crippen LogP) is 1.72. The molecule has 0 saturated carbocycles. The van der Waals surface area contributed by atoms with Gasteiger partial charge in [0.05, 0.1) is 0 Å². The van der Waals surface area contributed by atoms with Gasteiger partial charge in [-0.1, -0.05) is 6.07 Å². The smallest absolute Gasteiger partial charge is 0.0325 e. The molecule has 0 amide bonds. The van der Waals surface area contributed by atoms with E-state index in [1.165, 1.54) is 11.3 Å². The van der Waals surface area contributed by atoms with Crippen LogP contribution in [0.1, 0.15) is 11.3 Å². The Morgan fingerprint density at radius 3 is 2.65 bits per heavy atom. The second-order valence-corrected chi connectivity index (χ2v) is 5.76. The molecule has 0 aliphatic heterocycles. The average molecular weight is 255 g/mol. The molecular weight excluding hydrogens is 230 g/mol. The van der Waals surface area contributed by atoms with Gasteiger partial charge in [-0.25, -0.2) is 0 Å². The first-order valence-corrected chi connectivity index (χ1v) is 7.13. The van der Waals surface area contributed by atoms with Crippen LogP contribution < -0.4 is 5.32 Å². The van der Waals surface area contributed by atoms with E-state index in [2.05, 4.69) is 53.8 Å². The molecule has 0 saturated heterocycles. The summed E-state index contributed by atoms with van der Waals surface area (Å²) < 4.78 is 0. The van der Waals surface area contributed by atoms with Crippen molar-refractivity contribution in [1.29, 1.82) is 0 Å². The summed E-state index contributed by atoms with van der Waals surface area (Å²) >= 11 is 1.83. The molecule has 1 aromatic heterocycles. The number of rotatable bonds is 9. The molecule has 0 unspecified atom stereocenters. The zero-order chi connectivity index (χ0) is 12.5. The Morgan fingerprint density at radius 2 is 2.00 bits per heavy atom. The summed E-state index contributed by atoms with van der Waals surface area (Å²) in [5.41, 5.74) is 0. The van der Waals surface area contributed by atoms with Gasteiger partial charge in [0.15, 0.2) is 0 Å². The van der Waals surface area contributed by atoms with Crippen molar-refractivity contribution < 1.29 is 0 Å². The second-order valence-electron chi connectivity index (χ2n) is 4.72.